The Morgan fingerprint density at radius 1 is 1.11 bits per heavy atom. The van der Waals surface area contributed by atoms with E-state index in [1.165, 1.54) is 12.1 Å². The number of carbonyl (C=O) groups is 1. The van der Waals surface area contributed by atoms with E-state index in [1.807, 2.05) is 19.0 Å². The predicted molar refractivity (Wildman–Crippen MR) is 110 cm³/mol. The highest BCUT2D eigenvalue weighted by atomic mass is 35.5. The lowest BCUT2D eigenvalue weighted by Crippen LogP contribution is -2.35. The van der Waals surface area contributed by atoms with Gasteiger partial charge in [-0.3, -0.25) is 9.52 Å². The molecule has 1 atom stereocenters. The van der Waals surface area contributed by atoms with Crippen molar-refractivity contribution in [2.75, 3.05) is 31.6 Å². The van der Waals surface area contributed by atoms with Crippen molar-refractivity contribution in [3.05, 3.63) is 63.6 Å². The van der Waals surface area contributed by atoms with E-state index in [-0.39, 0.29) is 11.9 Å². The predicted octanol–water partition coefficient (Wildman–Crippen LogP) is 3.40. The summed E-state index contributed by atoms with van der Waals surface area (Å²) in [6.07, 6.45) is 1.06. The first kappa shape index (κ1) is 21.5. The minimum absolute atomic E-state index is 0.293. The van der Waals surface area contributed by atoms with E-state index in [4.69, 9.17) is 23.2 Å². The summed E-state index contributed by atoms with van der Waals surface area (Å²) in [5, 5.41) is 3.96. The maximum absolute atomic E-state index is 12.6. The van der Waals surface area contributed by atoms with E-state index in [0.717, 1.165) is 11.8 Å². The van der Waals surface area contributed by atoms with Crippen LogP contribution in [0, 0.1) is 0 Å². The average molecular weight is 430 g/mol. The molecule has 9 heteroatoms. The second kappa shape index (κ2) is 8.93. The fraction of sp³-hybridized carbons (Fsp3) is 0.278. The topological polar surface area (TPSA) is 78.5 Å². The van der Waals surface area contributed by atoms with Crippen LogP contribution in [0.1, 0.15) is 22.0 Å². The molecule has 2 N–H and O–H groups in total. The molecule has 0 radical (unpaired) electrons. The van der Waals surface area contributed by atoms with E-state index >= 15 is 0 Å². The first-order chi connectivity index (χ1) is 12.5. The number of nitrogens with zero attached hydrogens (tertiary/aromatic N) is 1. The van der Waals surface area contributed by atoms with Crippen LogP contribution >= 0.6 is 23.2 Å². The number of rotatable bonds is 7. The summed E-state index contributed by atoms with van der Waals surface area (Å²) in [6.45, 7) is 0.542. The van der Waals surface area contributed by atoms with Gasteiger partial charge in [-0.2, -0.15) is 0 Å². The van der Waals surface area contributed by atoms with Gasteiger partial charge in [0, 0.05) is 27.8 Å². The zero-order valence-electron chi connectivity index (χ0n) is 15.2. The molecule has 0 aromatic heterocycles. The van der Waals surface area contributed by atoms with E-state index < -0.39 is 10.0 Å². The summed E-state index contributed by atoms with van der Waals surface area (Å²) < 4.78 is 24.9. The van der Waals surface area contributed by atoms with E-state index in [0.29, 0.717) is 27.8 Å². The Labute approximate surface area is 169 Å². The average Bonchev–Trinajstić information content (AvgIpc) is 2.53. The minimum Gasteiger partial charge on any atom is -0.344 e. The van der Waals surface area contributed by atoms with Crippen molar-refractivity contribution in [2.45, 2.75) is 6.04 Å². The van der Waals surface area contributed by atoms with Crippen LogP contribution in [0.25, 0.3) is 0 Å². The second-order valence-electron chi connectivity index (χ2n) is 6.41. The van der Waals surface area contributed by atoms with E-state index in [9.17, 15) is 13.2 Å². The van der Waals surface area contributed by atoms with Crippen LogP contribution in [-0.4, -0.2) is 46.1 Å². The molecule has 1 amide bonds. The van der Waals surface area contributed by atoms with Gasteiger partial charge in [-0.15, -0.1) is 0 Å². The Hall–Kier alpha value is -1.80. The van der Waals surface area contributed by atoms with Crippen LogP contribution in [0.2, 0.25) is 10.0 Å². The number of hydrogen-bond acceptors (Lipinski definition) is 4. The molecule has 2 aromatic carbocycles. The molecule has 0 saturated carbocycles. The van der Waals surface area contributed by atoms with Crippen molar-refractivity contribution in [1.29, 1.82) is 0 Å². The molecular weight excluding hydrogens is 409 g/mol. The lowest BCUT2D eigenvalue weighted by atomic mass is 10.1. The third kappa shape index (κ3) is 6.70. The lowest BCUT2D eigenvalue weighted by molar-refractivity contribution is 0.0930. The first-order valence-electron chi connectivity index (χ1n) is 8.03. The molecule has 27 heavy (non-hydrogen) atoms. The molecule has 0 aliphatic rings. The summed E-state index contributed by atoms with van der Waals surface area (Å²) >= 11 is 12.3. The van der Waals surface area contributed by atoms with Gasteiger partial charge < -0.3 is 10.2 Å². The second-order valence-corrected chi connectivity index (χ2v) is 9.00. The number of carbonyl (C=O) groups excluding carboxylic acids is 1. The van der Waals surface area contributed by atoms with Crippen LogP contribution in [0.5, 0.6) is 0 Å². The summed E-state index contributed by atoms with van der Waals surface area (Å²) in [6, 6.07) is 11.0. The maximum Gasteiger partial charge on any atom is 0.251 e. The highest BCUT2D eigenvalue weighted by Gasteiger charge is 2.19. The van der Waals surface area contributed by atoms with Crippen molar-refractivity contribution in [3.8, 4) is 0 Å². The Balaban J connectivity index is 2.20. The number of sulfonamides is 1. The van der Waals surface area contributed by atoms with E-state index in [1.54, 1.807) is 30.3 Å². The van der Waals surface area contributed by atoms with Crippen LogP contribution < -0.4 is 10.0 Å². The number of amides is 1. The molecule has 0 heterocycles. The van der Waals surface area contributed by atoms with Crippen LogP contribution in [0.3, 0.4) is 0 Å². The zero-order valence-corrected chi connectivity index (χ0v) is 17.5. The monoisotopic (exact) mass is 429 g/mol. The number of halogens is 2. The molecule has 0 bridgehead atoms. The quantitative estimate of drug-likeness (QED) is 0.706. The number of hydrogen-bond donors (Lipinski definition) is 2. The molecule has 0 spiro atoms. The SMILES string of the molecule is CN(C)CC(NC(=O)c1ccc(NS(C)(=O)=O)cc1)c1ccc(Cl)cc1Cl. The molecule has 0 saturated heterocycles. The Kier molecular flexibility index (Phi) is 7.11. The highest BCUT2D eigenvalue weighted by Crippen LogP contribution is 2.27. The van der Waals surface area contributed by atoms with Gasteiger partial charge in [0.1, 0.15) is 0 Å². The summed E-state index contributed by atoms with van der Waals surface area (Å²) in [5.41, 5.74) is 1.56. The molecule has 0 fully saturated rings. The number of benzene rings is 2. The Morgan fingerprint density at radius 3 is 2.26 bits per heavy atom. The molecule has 0 aliphatic heterocycles. The van der Waals surface area contributed by atoms with Crippen LogP contribution in [-0.2, 0) is 10.0 Å². The van der Waals surface area contributed by atoms with Gasteiger partial charge in [-0.25, -0.2) is 8.42 Å². The Morgan fingerprint density at radius 2 is 1.74 bits per heavy atom. The van der Waals surface area contributed by atoms with Gasteiger partial charge in [0.25, 0.3) is 5.91 Å². The van der Waals surface area contributed by atoms with Gasteiger partial charge in [0.2, 0.25) is 10.0 Å². The molecular formula is C18H21Cl2N3O3S. The van der Waals surface area contributed by atoms with Gasteiger partial charge in [-0.05, 0) is 56.1 Å². The third-order valence-corrected chi connectivity index (χ3v) is 4.81. The van der Waals surface area contributed by atoms with Gasteiger partial charge in [0.15, 0.2) is 0 Å². The molecule has 146 valence electrons. The van der Waals surface area contributed by atoms with Crippen molar-refractivity contribution in [2.24, 2.45) is 0 Å². The molecule has 0 aliphatic carbocycles. The fourth-order valence-corrected chi connectivity index (χ4v) is 3.62. The summed E-state index contributed by atoms with van der Waals surface area (Å²) in [7, 11) is 0.426. The van der Waals surface area contributed by atoms with Crippen molar-refractivity contribution in [1.82, 2.24) is 10.2 Å². The van der Waals surface area contributed by atoms with Gasteiger partial charge in [0.05, 0.1) is 12.3 Å². The van der Waals surface area contributed by atoms with Crippen molar-refractivity contribution < 1.29 is 13.2 Å². The molecule has 2 aromatic rings. The normalized spacial score (nSPS) is 12.7. The summed E-state index contributed by atoms with van der Waals surface area (Å²) in [4.78, 5) is 14.6. The standard InChI is InChI=1S/C18H21Cl2N3O3S/c1-23(2)11-17(15-9-6-13(19)10-16(15)20)21-18(24)12-4-7-14(8-5-12)22-27(3,25)26/h4-10,17,22H,11H2,1-3H3,(H,21,24). The zero-order chi connectivity index (χ0) is 20.2. The first-order valence-corrected chi connectivity index (χ1v) is 10.7. The minimum atomic E-state index is -3.37. The van der Waals surface area contributed by atoms with Gasteiger partial charge in [-0.1, -0.05) is 29.3 Å². The van der Waals surface area contributed by atoms with Gasteiger partial charge >= 0.3 is 0 Å². The largest absolute Gasteiger partial charge is 0.344 e. The van der Waals surface area contributed by atoms with Crippen LogP contribution in [0.4, 0.5) is 5.69 Å². The number of anilines is 1. The van der Waals surface area contributed by atoms with Crippen molar-refractivity contribution in [3.63, 3.8) is 0 Å². The third-order valence-electron chi connectivity index (χ3n) is 3.64. The molecule has 1 unspecified atom stereocenters. The maximum atomic E-state index is 12.6. The van der Waals surface area contributed by atoms with Crippen molar-refractivity contribution >= 4 is 44.8 Å². The lowest BCUT2D eigenvalue weighted by Gasteiger charge is -2.24. The van der Waals surface area contributed by atoms with Crippen LogP contribution in [0.15, 0.2) is 42.5 Å². The Bertz CT molecular complexity index is 916. The highest BCUT2D eigenvalue weighted by molar-refractivity contribution is 7.92. The molecule has 6 nitrogen and oxygen atoms in total. The van der Waals surface area contributed by atoms with E-state index in [2.05, 4.69) is 10.0 Å². The fourth-order valence-electron chi connectivity index (χ4n) is 2.52. The number of nitrogens with one attached hydrogen (secondary N) is 2. The number of likely N-dealkylation sites (N-methyl/N-ethyl adjacent to an activating group) is 1. The molecule has 2 rings (SSSR count). The summed E-state index contributed by atoms with van der Waals surface area (Å²) in [5.74, 6) is -0.293. The smallest absolute Gasteiger partial charge is 0.251 e.